The van der Waals surface area contributed by atoms with Crippen molar-refractivity contribution in [1.82, 2.24) is 10.3 Å². The summed E-state index contributed by atoms with van der Waals surface area (Å²) < 4.78 is 46.6. The summed E-state index contributed by atoms with van der Waals surface area (Å²) in [6, 6.07) is 7.14. The van der Waals surface area contributed by atoms with E-state index in [2.05, 4.69) is 10.3 Å². The fraction of sp³-hybridized carbons (Fsp3) is 0.318. The first-order chi connectivity index (χ1) is 14.3. The Kier molecular flexibility index (Phi) is 6.66. The summed E-state index contributed by atoms with van der Waals surface area (Å²) in [5.41, 5.74) is 1.75. The molecule has 0 saturated carbocycles. The fourth-order valence-electron chi connectivity index (χ4n) is 3.26. The average Bonchev–Trinajstić information content (AvgIpc) is 3.05. The number of aliphatic hydroxyl groups is 1. The van der Waals surface area contributed by atoms with Crippen molar-refractivity contribution in [1.29, 1.82) is 0 Å². The van der Waals surface area contributed by atoms with Gasteiger partial charge < -0.3 is 20.1 Å². The first-order valence-electron chi connectivity index (χ1n) is 9.59. The summed E-state index contributed by atoms with van der Waals surface area (Å²) in [4.78, 5) is 14.9. The predicted octanol–water partition coefficient (Wildman–Crippen LogP) is 4.54. The topological polar surface area (TPSA) is 74.3 Å². The van der Waals surface area contributed by atoms with Crippen molar-refractivity contribution in [2.75, 3.05) is 13.2 Å². The van der Waals surface area contributed by atoms with Gasteiger partial charge in [-0.25, -0.2) is 18.0 Å². The number of carbonyl (C=O) groups excluding carboxylic acids is 1. The van der Waals surface area contributed by atoms with Gasteiger partial charge in [0.2, 0.25) is 0 Å². The number of ether oxygens (including phenoxy) is 1. The summed E-state index contributed by atoms with van der Waals surface area (Å²) in [7, 11) is 0. The van der Waals surface area contributed by atoms with E-state index in [4.69, 9.17) is 4.74 Å². The van der Waals surface area contributed by atoms with Crippen molar-refractivity contribution in [3.8, 4) is 11.3 Å². The van der Waals surface area contributed by atoms with Crippen molar-refractivity contribution in [3.05, 3.63) is 59.4 Å². The van der Waals surface area contributed by atoms with Crippen molar-refractivity contribution in [2.24, 2.45) is 5.92 Å². The third kappa shape index (κ3) is 4.76. The molecule has 160 valence electrons. The Morgan fingerprint density at radius 2 is 1.83 bits per heavy atom. The molecule has 0 bridgehead atoms. The summed E-state index contributed by atoms with van der Waals surface area (Å²) in [6.45, 7) is 3.43. The summed E-state index contributed by atoms with van der Waals surface area (Å²) in [5, 5.41) is 12.2. The molecule has 2 aromatic carbocycles. The predicted molar refractivity (Wildman–Crippen MR) is 108 cm³/mol. The van der Waals surface area contributed by atoms with Crippen LogP contribution in [0.25, 0.3) is 22.2 Å². The summed E-state index contributed by atoms with van der Waals surface area (Å²) in [5.74, 6) is -1.88. The van der Waals surface area contributed by atoms with Crippen LogP contribution >= 0.6 is 0 Å². The van der Waals surface area contributed by atoms with Crippen molar-refractivity contribution in [3.63, 3.8) is 0 Å². The SMILES string of the molecule is CC(C)C(CO)NC(=O)OCCc1c(-c2ccc(F)cc2)[nH]c2c(F)cc(F)cc12. The lowest BCUT2D eigenvalue weighted by Gasteiger charge is -2.19. The molecule has 0 spiro atoms. The summed E-state index contributed by atoms with van der Waals surface area (Å²) in [6.07, 6.45) is -0.516. The van der Waals surface area contributed by atoms with E-state index in [1.54, 1.807) is 0 Å². The van der Waals surface area contributed by atoms with Gasteiger partial charge in [-0.05, 0) is 47.4 Å². The molecule has 1 heterocycles. The van der Waals surface area contributed by atoms with Gasteiger partial charge in [-0.3, -0.25) is 0 Å². The molecule has 8 heteroatoms. The highest BCUT2D eigenvalue weighted by atomic mass is 19.1. The van der Waals surface area contributed by atoms with Crippen LogP contribution in [-0.2, 0) is 11.2 Å². The standard InChI is InChI=1S/C22H23F3N2O3/c1-12(2)19(11-28)26-22(29)30-8-7-16-17-9-15(24)10-18(25)21(17)27-20(16)13-3-5-14(23)6-4-13/h3-6,9-10,12,19,27-28H,7-8,11H2,1-2H3,(H,26,29). The molecule has 5 nitrogen and oxygen atoms in total. The number of carbonyl (C=O) groups is 1. The Morgan fingerprint density at radius 3 is 2.47 bits per heavy atom. The number of aromatic amines is 1. The molecule has 1 aromatic heterocycles. The number of hydrogen-bond acceptors (Lipinski definition) is 3. The van der Waals surface area contributed by atoms with Gasteiger partial charge in [0.1, 0.15) is 17.5 Å². The Balaban J connectivity index is 1.85. The zero-order valence-corrected chi connectivity index (χ0v) is 16.6. The molecule has 0 radical (unpaired) electrons. The Morgan fingerprint density at radius 1 is 1.13 bits per heavy atom. The molecule has 30 heavy (non-hydrogen) atoms. The highest BCUT2D eigenvalue weighted by Crippen LogP contribution is 2.33. The molecule has 3 N–H and O–H groups in total. The van der Waals surface area contributed by atoms with Crippen molar-refractivity contribution in [2.45, 2.75) is 26.3 Å². The Labute approximate surface area is 171 Å². The Hall–Kier alpha value is -3.00. The van der Waals surface area contributed by atoms with E-state index >= 15 is 0 Å². The number of rotatable bonds is 7. The van der Waals surface area contributed by atoms with Gasteiger partial charge in [0.15, 0.2) is 0 Å². The van der Waals surface area contributed by atoms with Gasteiger partial charge in [-0.15, -0.1) is 0 Å². The molecular weight excluding hydrogens is 397 g/mol. The maximum absolute atomic E-state index is 14.3. The number of benzene rings is 2. The maximum Gasteiger partial charge on any atom is 0.407 e. The largest absolute Gasteiger partial charge is 0.449 e. The average molecular weight is 420 g/mol. The van der Waals surface area contributed by atoms with E-state index < -0.39 is 29.6 Å². The van der Waals surface area contributed by atoms with E-state index in [0.717, 1.165) is 6.07 Å². The molecule has 3 rings (SSSR count). The van der Waals surface area contributed by atoms with Crippen molar-refractivity contribution < 1.29 is 27.8 Å². The lowest BCUT2D eigenvalue weighted by atomic mass is 10.0. The number of fused-ring (bicyclic) bond motifs is 1. The minimum Gasteiger partial charge on any atom is -0.449 e. The van der Waals surface area contributed by atoms with E-state index in [9.17, 15) is 23.1 Å². The van der Waals surface area contributed by atoms with E-state index in [1.165, 1.54) is 30.3 Å². The monoisotopic (exact) mass is 420 g/mol. The van der Waals surface area contributed by atoms with Gasteiger partial charge in [0.05, 0.1) is 24.8 Å². The first-order valence-corrected chi connectivity index (χ1v) is 9.59. The highest BCUT2D eigenvalue weighted by Gasteiger charge is 2.19. The van der Waals surface area contributed by atoms with E-state index in [-0.39, 0.29) is 31.1 Å². The third-order valence-corrected chi connectivity index (χ3v) is 4.95. The van der Waals surface area contributed by atoms with Gasteiger partial charge in [-0.1, -0.05) is 13.8 Å². The Bertz CT molecular complexity index is 1030. The quantitative estimate of drug-likeness (QED) is 0.526. The van der Waals surface area contributed by atoms with Crippen LogP contribution in [0.5, 0.6) is 0 Å². The molecule has 0 aliphatic rings. The second kappa shape index (κ2) is 9.21. The molecule has 0 aliphatic heterocycles. The van der Waals surface area contributed by atoms with Crippen LogP contribution in [0.1, 0.15) is 19.4 Å². The van der Waals surface area contributed by atoms with Crippen LogP contribution in [0.4, 0.5) is 18.0 Å². The third-order valence-electron chi connectivity index (χ3n) is 4.95. The minimum absolute atomic E-state index is 0.0206. The number of halogens is 3. The second-order valence-electron chi connectivity index (χ2n) is 7.36. The van der Waals surface area contributed by atoms with Gasteiger partial charge in [0.25, 0.3) is 0 Å². The van der Waals surface area contributed by atoms with Crippen LogP contribution in [0, 0.1) is 23.4 Å². The first kappa shape index (κ1) is 21.7. The van der Waals surface area contributed by atoms with Crippen molar-refractivity contribution >= 4 is 17.0 Å². The summed E-state index contributed by atoms with van der Waals surface area (Å²) >= 11 is 0. The number of H-pyrrole nitrogens is 1. The van der Waals surface area contributed by atoms with Crippen LogP contribution < -0.4 is 5.32 Å². The van der Waals surface area contributed by atoms with Crippen LogP contribution in [0.2, 0.25) is 0 Å². The minimum atomic E-state index is -0.749. The van der Waals surface area contributed by atoms with Gasteiger partial charge in [0, 0.05) is 23.6 Å². The maximum atomic E-state index is 14.3. The molecule has 0 saturated heterocycles. The molecule has 0 fully saturated rings. The van der Waals surface area contributed by atoms with Gasteiger partial charge >= 0.3 is 6.09 Å². The lowest BCUT2D eigenvalue weighted by Crippen LogP contribution is -2.41. The highest BCUT2D eigenvalue weighted by molar-refractivity contribution is 5.91. The smallest absolute Gasteiger partial charge is 0.407 e. The number of alkyl carbamates (subject to hydrolysis) is 1. The van der Waals surface area contributed by atoms with E-state index in [1.807, 2.05) is 13.8 Å². The van der Waals surface area contributed by atoms with Gasteiger partial charge in [-0.2, -0.15) is 0 Å². The number of aliphatic hydroxyl groups excluding tert-OH is 1. The normalized spacial score (nSPS) is 12.4. The molecule has 3 aromatic rings. The van der Waals surface area contributed by atoms with Crippen LogP contribution in [0.15, 0.2) is 36.4 Å². The lowest BCUT2D eigenvalue weighted by molar-refractivity contribution is 0.130. The number of hydrogen-bond donors (Lipinski definition) is 3. The van der Waals surface area contributed by atoms with E-state index in [0.29, 0.717) is 22.2 Å². The zero-order chi connectivity index (χ0) is 21.8. The van der Waals surface area contributed by atoms with Crippen LogP contribution in [0.3, 0.4) is 0 Å². The molecule has 1 atom stereocenters. The number of amides is 1. The zero-order valence-electron chi connectivity index (χ0n) is 16.6. The molecular formula is C22H23F3N2O3. The second-order valence-corrected chi connectivity index (χ2v) is 7.36. The van der Waals surface area contributed by atoms with Crippen LogP contribution in [-0.4, -0.2) is 35.4 Å². The fourth-order valence-corrected chi connectivity index (χ4v) is 3.26. The number of aromatic nitrogens is 1. The molecule has 1 amide bonds. The molecule has 1 unspecified atom stereocenters. The number of nitrogens with one attached hydrogen (secondary N) is 2. The molecule has 0 aliphatic carbocycles.